The zero-order chi connectivity index (χ0) is 22.4. The molecule has 2 N–H and O–H groups in total. The van der Waals surface area contributed by atoms with E-state index in [0.717, 1.165) is 60.2 Å². The Morgan fingerprint density at radius 2 is 1.74 bits per heavy atom. The maximum Gasteiger partial charge on any atom is 0.407 e. The van der Waals surface area contributed by atoms with Crippen LogP contribution in [0.5, 0.6) is 5.75 Å². The predicted molar refractivity (Wildman–Crippen MR) is 122 cm³/mol. The summed E-state index contributed by atoms with van der Waals surface area (Å²) in [4.78, 5) is 25.1. The molecule has 2 aromatic carbocycles. The van der Waals surface area contributed by atoms with Crippen molar-refractivity contribution in [3.8, 4) is 16.9 Å². The lowest BCUT2D eigenvalue weighted by atomic mass is 9.90. The normalized spacial score (nSPS) is 18.3. The van der Waals surface area contributed by atoms with Gasteiger partial charge in [-0.05, 0) is 61.1 Å². The molecule has 2 aromatic rings. The number of hydrogen-bond donors (Lipinski definition) is 2. The van der Waals surface area contributed by atoms with E-state index in [4.69, 9.17) is 9.84 Å². The van der Waals surface area contributed by atoms with Crippen LogP contribution in [0.3, 0.4) is 0 Å². The highest BCUT2D eigenvalue weighted by Gasteiger charge is 2.26. The molecule has 31 heavy (non-hydrogen) atoms. The molecule has 0 radical (unpaired) electrons. The molecular formula is C24H31N3O4. The average Bonchev–Trinajstić information content (AvgIpc) is 2.81. The molecule has 2 amide bonds. The third-order valence-electron chi connectivity index (χ3n) is 6.17. The smallest absolute Gasteiger partial charge is 0.407 e. The van der Waals surface area contributed by atoms with Crippen molar-refractivity contribution in [2.45, 2.75) is 44.3 Å². The Balaban J connectivity index is 1.65. The van der Waals surface area contributed by atoms with Crippen molar-refractivity contribution in [1.29, 1.82) is 0 Å². The first-order chi connectivity index (χ1) is 14.9. The van der Waals surface area contributed by atoms with Crippen LogP contribution in [0.15, 0.2) is 42.5 Å². The van der Waals surface area contributed by atoms with Gasteiger partial charge in [-0.1, -0.05) is 18.2 Å². The summed E-state index contributed by atoms with van der Waals surface area (Å²) in [5.41, 5.74) is 4.09. The Bertz CT molecular complexity index is 892. The molecular weight excluding hydrogens is 394 g/mol. The van der Waals surface area contributed by atoms with Gasteiger partial charge < -0.3 is 25.0 Å². The van der Waals surface area contributed by atoms with Gasteiger partial charge in [-0.3, -0.25) is 4.79 Å². The van der Waals surface area contributed by atoms with Gasteiger partial charge in [0.1, 0.15) is 5.75 Å². The van der Waals surface area contributed by atoms with Crippen LogP contribution >= 0.6 is 0 Å². The Kier molecular flexibility index (Phi) is 7.52. The summed E-state index contributed by atoms with van der Waals surface area (Å²) in [5.74, 6) is 0.841. The molecule has 7 heteroatoms. The van der Waals surface area contributed by atoms with E-state index in [2.05, 4.69) is 11.4 Å². The van der Waals surface area contributed by atoms with E-state index >= 15 is 0 Å². The fourth-order valence-electron chi connectivity index (χ4n) is 4.12. The van der Waals surface area contributed by atoms with Gasteiger partial charge in [0.2, 0.25) is 6.41 Å². The second-order valence-electron chi connectivity index (χ2n) is 8.07. The van der Waals surface area contributed by atoms with E-state index in [1.54, 1.807) is 21.2 Å². The standard InChI is InChI=1S/C24H31N3O4/c1-26(16-28)21-9-4-17(5-10-21)18-6-13-23(31-3)19(14-18)15-25-20-7-11-22(12-8-20)27(2)24(29)30/h4-6,9-10,13-14,16,20,22,25H,7-8,11-12,15H2,1-3H3,(H,29,30). The Morgan fingerprint density at radius 3 is 2.32 bits per heavy atom. The Morgan fingerprint density at radius 1 is 1.10 bits per heavy atom. The number of ether oxygens (including phenoxy) is 1. The Labute approximate surface area is 183 Å². The second kappa shape index (κ2) is 10.3. The summed E-state index contributed by atoms with van der Waals surface area (Å²) in [6.45, 7) is 0.688. The average molecular weight is 426 g/mol. The van der Waals surface area contributed by atoms with Crippen LogP contribution in [0.2, 0.25) is 0 Å². The van der Waals surface area contributed by atoms with Crippen molar-refractivity contribution < 1.29 is 19.4 Å². The first kappa shape index (κ1) is 22.6. The molecule has 0 unspecified atom stereocenters. The lowest BCUT2D eigenvalue weighted by molar-refractivity contribution is -0.107. The van der Waals surface area contributed by atoms with Gasteiger partial charge in [0.05, 0.1) is 7.11 Å². The summed E-state index contributed by atoms with van der Waals surface area (Å²) in [6, 6.07) is 14.5. The van der Waals surface area contributed by atoms with Gasteiger partial charge in [0, 0.05) is 44.0 Å². The lowest BCUT2D eigenvalue weighted by Gasteiger charge is -2.33. The zero-order valence-corrected chi connectivity index (χ0v) is 18.4. The van der Waals surface area contributed by atoms with E-state index < -0.39 is 6.09 Å². The van der Waals surface area contributed by atoms with Crippen LogP contribution in [0.4, 0.5) is 10.5 Å². The number of carbonyl (C=O) groups excluding carboxylic acids is 1. The van der Waals surface area contributed by atoms with Crippen LogP contribution in [-0.2, 0) is 11.3 Å². The molecule has 0 saturated heterocycles. The lowest BCUT2D eigenvalue weighted by Crippen LogP contribution is -2.42. The number of nitrogens with zero attached hydrogens (tertiary/aromatic N) is 2. The zero-order valence-electron chi connectivity index (χ0n) is 18.4. The molecule has 1 saturated carbocycles. The molecule has 0 aliphatic heterocycles. The number of carboxylic acid groups (broad SMARTS) is 1. The van der Waals surface area contributed by atoms with Crippen LogP contribution in [0.1, 0.15) is 31.2 Å². The second-order valence-corrected chi connectivity index (χ2v) is 8.07. The number of benzene rings is 2. The van der Waals surface area contributed by atoms with E-state index in [0.29, 0.717) is 12.6 Å². The van der Waals surface area contributed by atoms with Crippen LogP contribution < -0.4 is 15.0 Å². The summed E-state index contributed by atoms with van der Waals surface area (Å²) < 4.78 is 5.56. The van der Waals surface area contributed by atoms with Gasteiger partial charge in [-0.2, -0.15) is 0 Å². The van der Waals surface area contributed by atoms with Gasteiger partial charge in [0.15, 0.2) is 0 Å². The molecule has 0 atom stereocenters. The van der Waals surface area contributed by atoms with Crippen LogP contribution in [0.25, 0.3) is 11.1 Å². The first-order valence-electron chi connectivity index (χ1n) is 10.6. The third kappa shape index (κ3) is 5.55. The summed E-state index contributed by atoms with van der Waals surface area (Å²) >= 11 is 0. The highest BCUT2D eigenvalue weighted by Crippen LogP contribution is 2.29. The molecule has 0 heterocycles. The van der Waals surface area contributed by atoms with Crippen molar-refractivity contribution in [3.63, 3.8) is 0 Å². The van der Waals surface area contributed by atoms with Crippen molar-refractivity contribution in [1.82, 2.24) is 10.2 Å². The van der Waals surface area contributed by atoms with Crippen molar-refractivity contribution in [2.75, 3.05) is 26.1 Å². The number of amides is 2. The predicted octanol–water partition coefficient (Wildman–Crippen LogP) is 3.97. The SMILES string of the molecule is COc1ccc(-c2ccc(N(C)C=O)cc2)cc1CNC1CCC(N(C)C(=O)O)CC1. The number of carbonyl (C=O) groups is 2. The molecule has 0 bridgehead atoms. The van der Waals surface area contributed by atoms with Gasteiger partial charge in [-0.15, -0.1) is 0 Å². The van der Waals surface area contributed by atoms with Crippen molar-refractivity contribution >= 4 is 18.2 Å². The largest absolute Gasteiger partial charge is 0.496 e. The van der Waals surface area contributed by atoms with Gasteiger partial charge in [-0.25, -0.2) is 4.79 Å². The van der Waals surface area contributed by atoms with E-state index in [1.165, 1.54) is 9.80 Å². The number of anilines is 1. The topological polar surface area (TPSA) is 82.1 Å². The van der Waals surface area contributed by atoms with Crippen LogP contribution in [-0.4, -0.2) is 55.8 Å². The maximum atomic E-state index is 11.2. The number of rotatable bonds is 8. The number of methoxy groups -OCH3 is 1. The highest BCUT2D eigenvalue weighted by molar-refractivity contribution is 5.76. The molecule has 1 aliphatic rings. The van der Waals surface area contributed by atoms with Crippen molar-refractivity contribution in [2.24, 2.45) is 0 Å². The van der Waals surface area contributed by atoms with Gasteiger partial charge >= 0.3 is 6.09 Å². The van der Waals surface area contributed by atoms with Crippen LogP contribution in [0, 0.1) is 0 Å². The molecule has 3 rings (SSSR count). The quantitative estimate of drug-likeness (QED) is 0.626. The minimum atomic E-state index is -0.858. The number of nitrogens with one attached hydrogen (secondary N) is 1. The monoisotopic (exact) mass is 425 g/mol. The summed E-state index contributed by atoms with van der Waals surface area (Å²) in [6.07, 6.45) is 3.59. The fraction of sp³-hybridized carbons (Fsp3) is 0.417. The van der Waals surface area contributed by atoms with E-state index in [9.17, 15) is 9.59 Å². The molecule has 1 aliphatic carbocycles. The maximum absolute atomic E-state index is 11.2. The third-order valence-corrected chi connectivity index (χ3v) is 6.17. The molecule has 7 nitrogen and oxygen atoms in total. The molecule has 0 aromatic heterocycles. The minimum Gasteiger partial charge on any atom is -0.496 e. The summed E-state index contributed by atoms with van der Waals surface area (Å²) in [5, 5.41) is 12.8. The molecule has 0 spiro atoms. The minimum absolute atomic E-state index is 0.106. The van der Waals surface area contributed by atoms with Gasteiger partial charge in [0.25, 0.3) is 0 Å². The highest BCUT2D eigenvalue weighted by atomic mass is 16.5. The number of hydrogen-bond acceptors (Lipinski definition) is 4. The Hall–Kier alpha value is -3.06. The van der Waals surface area contributed by atoms with E-state index in [1.807, 2.05) is 36.4 Å². The first-order valence-corrected chi connectivity index (χ1v) is 10.6. The molecule has 166 valence electrons. The van der Waals surface area contributed by atoms with Crippen molar-refractivity contribution in [3.05, 3.63) is 48.0 Å². The summed E-state index contributed by atoms with van der Waals surface area (Å²) in [7, 11) is 5.06. The fourth-order valence-corrected chi connectivity index (χ4v) is 4.12. The molecule has 1 fully saturated rings. The van der Waals surface area contributed by atoms with E-state index in [-0.39, 0.29) is 6.04 Å².